The minimum Gasteiger partial charge on any atom is -0.372 e. The highest BCUT2D eigenvalue weighted by molar-refractivity contribution is 7.09. The van der Waals surface area contributed by atoms with Crippen LogP contribution < -0.4 is 5.32 Å². The Labute approximate surface area is 108 Å². The average molecular weight is 253 g/mol. The molecule has 1 aromatic rings. The Bertz CT molecular complexity index is 329. The summed E-state index contributed by atoms with van der Waals surface area (Å²) < 4.78 is 3.89. The SMILES string of the molecule is CC(C)(C)C1CCCC(Nc2cnns2)CC1. The molecule has 0 bridgehead atoms. The first-order valence-electron chi connectivity index (χ1n) is 6.59. The number of hydrogen-bond acceptors (Lipinski definition) is 4. The van der Waals surface area contributed by atoms with Crippen LogP contribution in [0.2, 0.25) is 0 Å². The second-order valence-electron chi connectivity index (χ2n) is 6.19. The molecule has 0 aliphatic heterocycles. The summed E-state index contributed by atoms with van der Waals surface area (Å²) in [6.07, 6.45) is 8.45. The Morgan fingerprint density at radius 1 is 1.24 bits per heavy atom. The van der Waals surface area contributed by atoms with Crippen LogP contribution in [0.1, 0.15) is 52.9 Å². The highest BCUT2D eigenvalue weighted by Crippen LogP contribution is 2.37. The molecule has 0 aromatic carbocycles. The number of aromatic nitrogens is 2. The number of nitrogens with zero attached hydrogens (tertiary/aromatic N) is 2. The van der Waals surface area contributed by atoms with E-state index in [1.807, 2.05) is 6.20 Å². The fraction of sp³-hybridized carbons (Fsp3) is 0.846. The average Bonchev–Trinajstić information content (AvgIpc) is 2.61. The molecule has 1 aliphatic carbocycles. The molecule has 0 radical (unpaired) electrons. The van der Waals surface area contributed by atoms with Crippen molar-refractivity contribution in [2.45, 2.75) is 58.9 Å². The van der Waals surface area contributed by atoms with Crippen molar-refractivity contribution in [1.82, 2.24) is 9.59 Å². The molecule has 96 valence electrons. The van der Waals surface area contributed by atoms with Gasteiger partial charge in [-0.1, -0.05) is 31.7 Å². The van der Waals surface area contributed by atoms with Gasteiger partial charge >= 0.3 is 0 Å². The summed E-state index contributed by atoms with van der Waals surface area (Å²) in [7, 11) is 0. The van der Waals surface area contributed by atoms with E-state index in [1.165, 1.54) is 43.6 Å². The smallest absolute Gasteiger partial charge is 0.130 e. The van der Waals surface area contributed by atoms with Crippen LogP contribution in [0.5, 0.6) is 0 Å². The van der Waals surface area contributed by atoms with Crippen LogP contribution in [0, 0.1) is 11.3 Å². The minimum absolute atomic E-state index is 0.459. The van der Waals surface area contributed by atoms with Crippen molar-refractivity contribution in [3.05, 3.63) is 6.20 Å². The van der Waals surface area contributed by atoms with E-state index in [1.54, 1.807) is 0 Å². The highest BCUT2D eigenvalue weighted by Gasteiger charge is 2.27. The molecule has 2 atom stereocenters. The van der Waals surface area contributed by atoms with Gasteiger partial charge in [-0.25, -0.2) is 0 Å². The maximum atomic E-state index is 3.89. The van der Waals surface area contributed by atoms with Crippen molar-refractivity contribution in [3.63, 3.8) is 0 Å². The quantitative estimate of drug-likeness (QED) is 0.811. The first-order valence-corrected chi connectivity index (χ1v) is 7.37. The maximum absolute atomic E-state index is 3.89. The largest absolute Gasteiger partial charge is 0.372 e. The molecule has 1 N–H and O–H groups in total. The summed E-state index contributed by atoms with van der Waals surface area (Å²) >= 11 is 1.46. The molecule has 1 saturated carbocycles. The van der Waals surface area contributed by atoms with Crippen LogP contribution in [0.15, 0.2) is 6.20 Å². The third kappa shape index (κ3) is 3.66. The zero-order chi connectivity index (χ0) is 12.3. The van der Waals surface area contributed by atoms with E-state index in [-0.39, 0.29) is 0 Å². The lowest BCUT2D eigenvalue weighted by molar-refractivity contribution is 0.214. The van der Waals surface area contributed by atoms with Crippen molar-refractivity contribution in [2.75, 3.05) is 5.32 Å². The van der Waals surface area contributed by atoms with Crippen LogP contribution in [-0.4, -0.2) is 15.6 Å². The molecule has 0 spiro atoms. The second-order valence-corrected chi connectivity index (χ2v) is 6.98. The molecule has 2 unspecified atom stereocenters. The summed E-state index contributed by atoms with van der Waals surface area (Å²) in [6.45, 7) is 7.12. The van der Waals surface area contributed by atoms with Gasteiger partial charge in [0.25, 0.3) is 0 Å². The molecule has 1 aromatic heterocycles. The third-order valence-electron chi connectivity index (χ3n) is 3.90. The van der Waals surface area contributed by atoms with Crippen LogP contribution >= 0.6 is 11.5 Å². The molecule has 3 nitrogen and oxygen atoms in total. The lowest BCUT2D eigenvalue weighted by atomic mass is 9.76. The summed E-state index contributed by atoms with van der Waals surface area (Å²) in [5.41, 5.74) is 0.459. The molecule has 0 amide bonds. The summed E-state index contributed by atoms with van der Waals surface area (Å²) in [5, 5.41) is 8.55. The monoisotopic (exact) mass is 253 g/mol. The van der Waals surface area contributed by atoms with Crippen LogP contribution in [0.4, 0.5) is 5.00 Å². The maximum Gasteiger partial charge on any atom is 0.130 e. The van der Waals surface area contributed by atoms with Crippen molar-refractivity contribution in [2.24, 2.45) is 11.3 Å². The molecular formula is C13H23N3S. The topological polar surface area (TPSA) is 37.8 Å². The highest BCUT2D eigenvalue weighted by atomic mass is 32.1. The third-order valence-corrected chi connectivity index (χ3v) is 4.50. The van der Waals surface area contributed by atoms with Gasteiger partial charge < -0.3 is 5.32 Å². The zero-order valence-electron chi connectivity index (χ0n) is 11.1. The van der Waals surface area contributed by atoms with E-state index in [4.69, 9.17) is 0 Å². The Balaban J connectivity index is 1.88. The summed E-state index contributed by atoms with van der Waals surface area (Å²) in [5.74, 6) is 0.869. The van der Waals surface area contributed by atoms with Gasteiger partial charge in [0.15, 0.2) is 0 Å². The molecule has 2 rings (SSSR count). The lowest BCUT2D eigenvalue weighted by Crippen LogP contribution is -2.21. The fourth-order valence-corrected chi connectivity index (χ4v) is 3.24. The van der Waals surface area contributed by atoms with Gasteiger partial charge in [0, 0.05) is 17.6 Å². The number of hydrogen-bond donors (Lipinski definition) is 1. The van der Waals surface area contributed by atoms with Gasteiger partial charge in [0.2, 0.25) is 0 Å². The predicted molar refractivity (Wildman–Crippen MR) is 73.3 cm³/mol. The Hall–Kier alpha value is -0.640. The first kappa shape index (κ1) is 12.8. The van der Waals surface area contributed by atoms with E-state index in [9.17, 15) is 0 Å². The number of rotatable bonds is 2. The van der Waals surface area contributed by atoms with E-state index in [0.717, 1.165) is 10.9 Å². The molecular weight excluding hydrogens is 230 g/mol. The van der Waals surface area contributed by atoms with Crippen molar-refractivity contribution < 1.29 is 0 Å². The van der Waals surface area contributed by atoms with E-state index >= 15 is 0 Å². The van der Waals surface area contributed by atoms with Gasteiger partial charge in [-0.15, -0.1) is 5.10 Å². The molecule has 4 heteroatoms. The summed E-state index contributed by atoms with van der Waals surface area (Å²) in [4.78, 5) is 0. The van der Waals surface area contributed by atoms with Crippen molar-refractivity contribution in [1.29, 1.82) is 0 Å². The minimum atomic E-state index is 0.459. The molecule has 1 fully saturated rings. The van der Waals surface area contributed by atoms with E-state index in [0.29, 0.717) is 11.5 Å². The fourth-order valence-electron chi connectivity index (χ4n) is 2.74. The molecule has 17 heavy (non-hydrogen) atoms. The first-order chi connectivity index (χ1) is 8.05. The normalized spacial score (nSPS) is 26.5. The Morgan fingerprint density at radius 3 is 2.71 bits per heavy atom. The Kier molecular flexibility index (Phi) is 4.02. The number of nitrogens with one attached hydrogen (secondary N) is 1. The van der Waals surface area contributed by atoms with Crippen LogP contribution in [-0.2, 0) is 0 Å². The number of anilines is 1. The van der Waals surface area contributed by atoms with Gasteiger partial charge in [-0.05, 0) is 37.0 Å². The van der Waals surface area contributed by atoms with E-state index < -0.39 is 0 Å². The van der Waals surface area contributed by atoms with E-state index in [2.05, 4.69) is 35.7 Å². The Morgan fingerprint density at radius 2 is 2.06 bits per heavy atom. The van der Waals surface area contributed by atoms with Crippen molar-refractivity contribution in [3.8, 4) is 0 Å². The zero-order valence-corrected chi connectivity index (χ0v) is 11.9. The predicted octanol–water partition coefficient (Wildman–Crippen LogP) is 3.95. The lowest BCUT2D eigenvalue weighted by Gasteiger charge is -2.29. The van der Waals surface area contributed by atoms with Gasteiger partial charge in [-0.3, -0.25) is 0 Å². The van der Waals surface area contributed by atoms with Gasteiger partial charge in [-0.2, -0.15) is 0 Å². The molecule has 1 heterocycles. The van der Waals surface area contributed by atoms with Crippen molar-refractivity contribution >= 4 is 16.5 Å². The van der Waals surface area contributed by atoms with Gasteiger partial charge in [0.1, 0.15) is 5.00 Å². The second kappa shape index (κ2) is 5.34. The standard InChI is InChI=1S/C13H23N3S/c1-13(2,3)10-5-4-6-11(8-7-10)15-12-9-14-16-17-12/h9-11,15H,4-8H2,1-3H3. The van der Waals surface area contributed by atoms with Crippen LogP contribution in [0.25, 0.3) is 0 Å². The molecule has 1 aliphatic rings. The molecule has 0 saturated heterocycles. The van der Waals surface area contributed by atoms with Gasteiger partial charge in [0.05, 0.1) is 6.20 Å². The van der Waals surface area contributed by atoms with Crippen LogP contribution in [0.3, 0.4) is 0 Å². The summed E-state index contributed by atoms with van der Waals surface area (Å²) in [6, 6.07) is 0.615.